The lowest BCUT2D eigenvalue weighted by Crippen LogP contribution is -3.00. The summed E-state index contributed by atoms with van der Waals surface area (Å²) >= 11 is 0. The Labute approximate surface area is 121 Å². The first-order valence-electron chi connectivity index (χ1n) is 6.57. The lowest BCUT2D eigenvalue weighted by Gasteiger charge is -2.49. The zero-order valence-electron chi connectivity index (χ0n) is 12.8. The van der Waals surface area contributed by atoms with Crippen LogP contribution in [0.25, 0.3) is 0 Å². The van der Waals surface area contributed by atoms with E-state index in [-0.39, 0.29) is 12.4 Å². The van der Waals surface area contributed by atoms with Crippen LogP contribution in [0.15, 0.2) is 0 Å². The molecule has 0 saturated carbocycles. The summed E-state index contributed by atoms with van der Waals surface area (Å²) in [5, 5.41) is 0. The van der Waals surface area contributed by atoms with E-state index in [0.717, 1.165) is 24.1 Å². The molecule has 0 rings (SSSR count). The van der Waals surface area contributed by atoms with Gasteiger partial charge in [0.25, 0.3) is 0 Å². The zero-order chi connectivity index (χ0) is 13.4. The lowest BCUT2D eigenvalue weighted by atomic mass is 10.2. The maximum absolute atomic E-state index is 5.71. The van der Waals surface area contributed by atoms with E-state index in [1.165, 1.54) is 22.7 Å². The largest absolute Gasteiger partial charge is 1.00 e. The number of hydrogen-bond donors (Lipinski definition) is 0. The average molecular weight is 300 g/mol. The van der Waals surface area contributed by atoms with Crippen molar-refractivity contribution >= 4 is 10.2 Å². The summed E-state index contributed by atoms with van der Waals surface area (Å²) in [4.78, 5) is 0. The van der Waals surface area contributed by atoms with Gasteiger partial charge in [-0.1, -0.05) is 6.04 Å². The van der Waals surface area contributed by atoms with E-state index < -0.39 is 5.91 Å². The SMILES string of the molecule is CC[N+](CC)(CCC[SiH3])C(COC)(OC)OC.[Cl-]. The maximum atomic E-state index is 5.71. The summed E-state index contributed by atoms with van der Waals surface area (Å²) in [6.45, 7) is 7.91. The molecular formula is C12H30ClNO3Si. The summed E-state index contributed by atoms with van der Waals surface area (Å²) in [7, 11) is 6.37. The second kappa shape index (κ2) is 10.2. The molecule has 0 amide bonds. The Hall–Kier alpha value is 0.347. The molecule has 112 valence electrons. The van der Waals surface area contributed by atoms with Crippen LogP contribution in [0.3, 0.4) is 0 Å². The average Bonchev–Trinajstić information content (AvgIpc) is 2.38. The second-order valence-corrected chi connectivity index (χ2v) is 5.41. The predicted octanol–water partition coefficient (Wildman–Crippen LogP) is -2.39. The first-order chi connectivity index (χ1) is 8.11. The smallest absolute Gasteiger partial charge is 0.343 e. The fraction of sp³-hybridized carbons (Fsp3) is 1.00. The fourth-order valence-electron chi connectivity index (χ4n) is 2.56. The van der Waals surface area contributed by atoms with E-state index in [1.807, 2.05) is 0 Å². The first kappa shape index (κ1) is 20.7. The Bertz CT molecular complexity index is 200. The van der Waals surface area contributed by atoms with Gasteiger partial charge in [-0.15, -0.1) is 0 Å². The van der Waals surface area contributed by atoms with Gasteiger partial charge in [0.05, 0.1) is 19.6 Å². The van der Waals surface area contributed by atoms with Gasteiger partial charge in [-0.25, -0.2) is 0 Å². The molecule has 0 heterocycles. The highest BCUT2D eigenvalue weighted by Gasteiger charge is 2.50. The normalized spacial score (nSPS) is 12.5. The molecule has 0 aliphatic heterocycles. The topological polar surface area (TPSA) is 27.7 Å². The van der Waals surface area contributed by atoms with Crippen LogP contribution in [-0.2, 0) is 14.2 Å². The van der Waals surface area contributed by atoms with Crippen molar-refractivity contribution in [1.82, 2.24) is 0 Å². The predicted molar refractivity (Wildman–Crippen MR) is 74.2 cm³/mol. The second-order valence-electron chi connectivity index (χ2n) is 4.41. The minimum Gasteiger partial charge on any atom is -1.00 e. The summed E-state index contributed by atoms with van der Waals surface area (Å²) in [6, 6.07) is 1.32. The third kappa shape index (κ3) is 4.18. The first-order valence-corrected chi connectivity index (χ1v) is 7.98. The van der Waals surface area contributed by atoms with Gasteiger partial charge in [-0.3, -0.25) is 4.48 Å². The monoisotopic (exact) mass is 299 g/mol. The summed E-state index contributed by atoms with van der Waals surface area (Å²) in [5.74, 6) is -0.672. The van der Waals surface area contributed by atoms with Crippen molar-refractivity contribution in [2.45, 2.75) is 32.2 Å². The van der Waals surface area contributed by atoms with Crippen LogP contribution < -0.4 is 12.4 Å². The third-order valence-electron chi connectivity index (χ3n) is 3.84. The number of likely N-dealkylation sites (N-methyl/N-ethyl adjacent to an activating group) is 1. The highest BCUT2D eigenvalue weighted by molar-refractivity contribution is 6.08. The molecule has 0 spiro atoms. The molecule has 18 heavy (non-hydrogen) atoms. The van der Waals surface area contributed by atoms with Gasteiger partial charge in [0, 0.05) is 31.6 Å². The quantitative estimate of drug-likeness (QED) is 0.256. The van der Waals surface area contributed by atoms with Crippen LogP contribution in [-0.4, -0.2) is 68.2 Å². The molecule has 0 saturated heterocycles. The number of methoxy groups -OCH3 is 3. The van der Waals surface area contributed by atoms with Crippen LogP contribution >= 0.6 is 0 Å². The Morgan fingerprint density at radius 1 is 1.06 bits per heavy atom. The highest BCUT2D eigenvalue weighted by Crippen LogP contribution is 2.28. The summed E-state index contributed by atoms with van der Waals surface area (Å²) in [5.41, 5.74) is 0. The fourth-order valence-corrected chi connectivity index (χ4v) is 2.88. The molecule has 0 atom stereocenters. The summed E-state index contributed by atoms with van der Waals surface area (Å²) in [6.07, 6.45) is 1.23. The van der Waals surface area contributed by atoms with Crippen LogP contribution in [0.1, 0.15) is 20.3 Å². The molecule has 0 aliphatic carbocycles. The number of quaternary nitrogens is 1. The van der Waals surface area contributed by atoms with Gasteiger partial charge >= 0.3 is 5.91 Å². The van der Waals surface area contributed by atoms with Gasteiger partial charge < -0.3 is 26.6 Å². The standard InChI is InChI=1S/C12H30NO3Si.ClH/c1-6-13(7-2,9-8-10-17)12(15-4,16-5)11-14-3;/h6-11H2,1-5,17H3;1H/q+1;/p-1. The molecule has 0 N–H and O–H groups in total. The van der Waals surface area contributed by atoms with Gasteiger partial charge in [0.15, 0.2) is 6.61 Å². The summed E-state index contributed by atoms with van der Waals surface area (Å²) < 4.78 is 17.5. The Balaban J connectivity index is 0. The minimum atomic E-state index is -0.672. The van der Waals surface area contributed by atoms with Crippen LogP contribution in [0.5, 0.6) is 0 Å². The molecule has 6 heteroatoms. The zero-order valence-corrected chi connectivity index (χ0v) is 15.5. The van der Waals surface area contributed by atoms with E-state index in [9.17, 15) is 0 Å². The molecule has 0 unspecified atom stereocenters. The van der Waals surface area contributed by atoms with Crippen molar-refractivity contribution in [1.29, 1.82) is 0 Å². The van der Waals surface area contributed by atoms with E-state index in [2.05, 4.69) is 13.8 Å². The van der Waals surface area contributed by atoms with E-state index >= 15 is 0 Å². The van der Waals surface area contributed by atoms with Gasteiger partial charge in [0.2, 0.25) is 0 Å². The molecule has 0 fully saturated rings. The number of nitrogens with zero attached hydrogens (tertiary/aromatic N) is 1. The van der Waals surface area contributed by atoms with Crippen molar-refractivity contribution in [2.24, 2.45) is 0 Å². The maximum Gasteiger partial charge on any atom is 0.343 e. The third-order valence-corrected chi connectivity index (χ3v) is 4.54. The number of ether oxygens (including phenoxy) is 3. The van der Waals surface area contributed by atoms with Gasteiger partial charge in [-0.2, -0.15) is 0 Å². The van der Waals surface area contributed by atoms with Crippen molar-refractivity contribution in [2.75, 3.05) is 47.6 Å². The van der Waals surface area contributed by atoms with E-state index in [0.29, 0.717) is 6.61 Å². The highest BCUT2D eigenvalue weighted by atomic mass is 35.5. The van der Waals surface area contributed by atoms with E-state index in [1.54, 1.807) is 21.3 Å². The molecule has 4 nitrogen and oxygen atoms in total. The van der Waals surface area contributed by atoms with Crippen molar-refractivity contribution < 1.29 is 31.1 Å². The molecule has 0 bridgehead atoms. The Morgan fingerprint density at radius 3 is 1.83 bits per heavy atom. The van der Waals surface area contributed by atoms with Crippen LogP contribution in [0.2, 0.25) is 6.04 Å². The Morgan fingerprint density at radius 2 is 1.56 bits per heavy atom. The Kier molecular flexibility index (Phi) is 11.7. The number of hydrogen-bond acceptors (Lipinski definition) is 3. The molecule has 0 radical (unpaired) electrons. The molecule has 0 aliphatic rings. The number of rotatable bonds is 10. The lowest BCUT2D eigenvalue weighted by molar-refractivity contribution is -1.02. The van der Waals surface area contributed by atoms with Crippen molar-refractivity contribution in [3.63, 3.8) is 0 Å². The number of halogens is 1. The minimum absolute atomic E-state index is 0. The van der Waals surface area contributed by atoms with Gasteiger partial charge in [0.1, 0.15) is 0 Å². The molecular weight excluding hydrogens is 270 g/mol. The molecule has 0 aromatic heterocycles. The van der Waals surface area contributed by atoms with Crippen LogP contribution in [0, 0.1) is 0 Å². The molecule has 0 aromatic rings. The van der Waals surface area contributed by atoms with Crippen molar-refractivity contribution in [3.8, 4) is 0 Å². The molecule has 0 aromatic carbocycles. The van der Waals surface area contributed by atoms with Crippen LogP contribution in [0.4, 0.5) is 0 Å². The van der Waals surface area contributed by atoms with Crippen molar-refractivity contribution in [3.05, 3.63) is 0 Å². The van der Waals surface area contributed by atoms with E-state index in [4.69, 9.17) is 14.2 Å². The van der Waals surface area contributed by atoms with Gasteiger partial charge in [-0.05, 0) is 20.3 Å².